The van der Waals surface area contributed by atoms with Gasteiger partial charge in [-0.15, -0.1) is 0 Å². The van der Waals surface area contributed by atoms with Crippen molar-refractivity contribution in [2.75, 3.05) is 0 Å². The highest BCUT2D eigenvalue weighted by molar-refractivity contribution is 5.82. The number of nitrogens with zero attached hydrogens (tertiary/aromatic N) is 1. The fraction of sp³-hybridized carbons (Fsp3) is 0.778. The number of rotatable bonds is 3. The van der Waals surface area contributed by atoms with Crippen LogP contribution < -0.4 is 0 Å². The molecule has 0 aromatic rings. The predicted octanol–water partition coefficient (Wildman–Crippen LogP) is 2.05. The van der Waals surface area contributed by atoms with E-state index in [4.69, 9.17) is 5.26 Å². The Labute approximate surface area is 67.2 Å². The van der Waals surface area contributed by atoms with Crippen molar-refractivity contribution in [1.82, 2.24) is 0 Å². The van der Waals surface area contributed by atoms with Gasteiger partial charge in [0.1, 0.15) is 5.78 Å². The summed E-state index contributed by atoms with van der Waals surface area (Å²) in [6.45, 7) is 0. The molecule has 0 N–H and O–H groups in total. The van der Waals surface area contributed by atoms with Gasteiger partial charge in [0.05, 0.1) is 6.07 Å². The molecular formula is C9H13NO. The maximum absolute atomic E-state index is 11.1. The van der Waals surface area contributed by atoms with E-state index in [1.54, 1.807) is 0 Å². The summed E-state index contributed by atoms with van der Waals surface area (Å²) in [7, 11) is 0. The molecule has 1 rings (SSSR count). The summed E-state index contributed by atoms with van der Waals surface area (Å²) in [5.74, 6) is 0.714. The first-order valence-electron chi connectivity index (χ1n) is 4.24. The van der Waals surface area contributed by atoms with Gasteiger partial charge in [0.25, 0.3) is 0 Å². The monoisotopic (exact) mass is 151 g/mol. The molecule has 0 amide bonds. The van der Waals surface area contributed by atoms with Crippen molar-refractivity contribution in [3.63, 3.8) is 0 Å². The molecule has 2 nitrogen and oxygen atoms in total. The summed E-state index contributed by atoms with van der Waals surface area (Å²) in [6, 6.07) is 2.10. The van der Waals surface area contributed by atoms with E-state index >= 15 is 0 Å². The van der Waals surface area contributed by atoms with Crippen LogP contribution in [0.5, 0.6) is 0 Å². The van der Waals surface area contributed by atoms with Crippen molar-refractivity contribution in [1.29, 1.82) is 5.26 Å². The maximum atomic E-state index is 11.1. The molecule has 11 heavy (non-hydrogen) atoms. The molecule has 0 saturated heterocycles. The van der Waals surface area contributed by atoms with Crippen molar-refractivity contribution < 1.29 is 4.79 Å². The average Bonchev–Trinajstić information content (AvgIpc) is 2.37. The van der Waals surface area contributed by atoms with Crippen LogP contribution >= 0.6 is 0 Å². The minimum Gasteiger partial charge on any atom is -0.299 e. The van der Waals surface area contributed by atoms with Crippen LogP contribution in [0.2, 0.25) is 0 Å². The average molecular weight is 151 g/mol. The first kappa shape index (κ1) is 8.26. The highest BCUT2D eigenvalue weighted by Gasteiger charge is 2.23. The molecule has 0 aliphatic heterocycles. The molecular weight excluding hydrogens is 138 g/mol. The maximum Gasteiger partial charge on any atom is 0.135 e. The number of hydrogen-bond acceptors (Lipinski definition) is 2. The van der Waals surface area contributed by atoms with Gasteiger partial charge in [0.15, 0.2) is 0 Å². The molecule has 0 bridgehead atoms. The zero-order chi connectivity index (χ0) is 8.10. The number of hydrogen-bond donors (Lipinski definition) is 0. The third-order valence-electron chi connectivity index (χ3n) is 2.27. The van der Waals surface area contributed by atoms with Gasteiger partial charge >= 0.3 is 0 Å². The van der Waals surface area contributed by atoms with E-state index in [2.05, 4.69) is 6.07 Å². The highest BCUT2D eigenvalue weighted by Crippen LogP contribution is 2.25. The van der Waals surface area contributed by atoms with Gasteiger partial charge in [0, 0.05) is 18.8 Å². The minimum absolute atomic E-state index is 0.295. The molecule has 60 valence electrons. The molecule has 0 aromatic heterocycles. The van der Waals surface area contributed by atoms with Crippen LogP contribution in [0.1, 0.15) is 38.5 Å². The van der Waals surface area contributed by atoms with E-state index in [1.807, 2.05) is 0 Å². The lowest BCUT2D eigenvalue weighted by Crippen LogP contribution is -2.05. The van der Waals surface area contributed by atoms with Crippen molar-refractivity contribution in [3.8, 4) is 6.07 Å². The molecule has 0 radical (unpaired) electrons. The largest absolute Gasteiger partial charge is 0.299 e. The zero-order valence-corrected chi connectivity index (χ0v) is 6.68. The van der Waals surface area contributed by atoms with Crippen LogP contribution in [0.3, 0.4) is 0 Å². The Bertz CT molecular complexity index is 180. The van der Waals surface area contributed by atoms with Crippen LogP contribution in [0.15, 0.2) is 0 Å². The number of Topliss-reactive ketones (excluding diaryl/α,β-unsaturated/α-hetero) is 1. The summed E-state index contributed by atoms with van der Waals surface area (Å²) in [4.78, 5) is 11.1. The van der Waals surface area contributed by atoms with Crippen LogP contribution in [-0.2, 0) is 4.79 Å². The molecule has 0 heterocycles. The topological polar surface area (TPSA) is 40.9 Å². The smallest absolute Gasteiger partial charge is 0.135 e. The first-order valence-corrected chi connectivity index (χ1v) is 4.24. The highest BCUT2D eigenvalue weighted by atomic mass is 16.1. The van der Waals surface area contributed by atoms with Crippen molar-refractivity contribution in [2.45, 2.75) is 38.5 Å². The lowest BCUT2D eigenvalue weighted by Gasteiger charge is -2.03. The number of unbranched alkanes of at least 4 members (excludes halogenated alkanes) is 1. The van der Waals surface area contributed by atoms with Crippen molar-refractivity contribution in [3.05, 3.63) is 0 Å². The summed E-state index contributed by atoms with van der Waals surface area (Å²) in [6.07, 6.45) is 5.33. The molecule has 1 aliphatic carbocycles. The first-order chi connectivity index (χ1) is 5.34. The molecule has 1 saturated carbocycles. The number of carbonyl (C=O) groups is 1. The van der Waals surface area contributed by atoms with Gasteiger partial charge in [0.2, 0.25) is 0 Å². The van der Waals surface area contributed by atoms with Gasteiger partial charge in [-0.2, -0.15) is 5.26 Å². The third-order valence-corrected chi connectivity index (χ3v) is 2.27. The quantitative estimate of drug-likeness (QED) is 0.579. The van der Waals surface area contributed by atoms with Gasteiger partial charge in [-0.1, -0.05) is 0 Å². The second-order valence-electron chi connectivity index (χ2n) is 3.11. The van der Waals surface area contributed by atoms with Crippen LogP contribution in [0, 0.1) is 17.2 Å². The van der Waals surface area contributed by atoms with E-state index in [0.29, 0.717) is 18.1 Å². The fourth-order valence-corrected chi connectivity index (χ4v) is 1.62. The van der Waals surface area contributed by atoms with Gasteiger partial charge < -0.3 is 0 Å². The SMILES string of the molecule is N#CCCCC1CCCC1=O. The molecule has 1 aliphatic rings. The zero-order valence-electron chi connectivity index (χ0n) is 6.68. The Morgan fingerprint density at radius 3 is 3.00 bits per heavy atom. The Hall–Kier alpha value is -0.840. The van der Waals surface area contributed by atoms with Gasteiger partial charge in [-0.3, -0.25) is 4.79 Å². The number of nitriles is 1. The van der Waals surface area contributed by atoms with Crippen LogP contribution in [0.4, 0.5) is 0 Å². The molecule has 1 unspecified atom stereocenters. The van der Waals surface area contributed by atoms with E-state index in [-0.39, 0.29) is 0 Å². The van der Waals surface area contributed by atoms with E-state index in [9.17, 15) is 4.79 Å². The van der Waals surface area contributed by atoms with Crippen molar-refractivity contribution >= 4 is 5.78 Å². The third kappa shape index (κ3) is 2.34. The summed E-state index contributed by atoms with van der Waals surface area (Å²) >= 11 is 0. The molecule has 2 heteroatoms. The standard InChI is InChI=1S/C9H13NO/c10-7-2-1-4-8-5-3-6-9(8)11/h8H,1-6H2. The van der Waals surface area contributed by atoms with Gasteiger partial charge in [-0.05, 0) is 25.7 Å². The summed E-state index contributed by atoms with van der Waals surface area (Å²) in [5.41, 5.74) is 0. The van der Waals surface area contributed by atoms with Crippen LogP contribution in [-0.4, -0.2) is 5.78 Å². The van der Waals surface area contributed by atoms with E-state index in [1.165, 1.54) is 0 Å². The molecule has 1 atom stereocenters. The number of ketones is 1. The second-order valence-corrected chi connectivity index (χ2v) is 3.11. The van der Waals surface area contributed by atoms with E-state index in [0.717, 1.165) is 32.1 Å². The normalized spacial score (nSPS) is 23.5. The minimum atomic E-state index is 0.295. The summed E-state index contributed by atoms with van der Waals surface area (Å²) < 4.78 is 0. The molecule has 0 spiro atoms. The second kappa shape index (κ2) is 4.12. The fourth-order valence-electron chi connectivity index (χ4n) is 1.62. The van der Waals surface area contributed by atoms with Gasteiger partial charge in [-0.25, -0.2) is 0 Å². The Morgan fingerprint density at radius 2 is 2.45 bits per heavy atom. The van der Waals surface area contributed by atoms with E-state index < -0.39 is 0 Å². The lowest BCUT2D eigenvalue weighted by molar-refractivity contribution is -0.120. The predicted molar refractivity (Wildman–Crippen MR) is 41.8 cm³/mol. The number of carbonyl (C=O) groups excluding carboxylic acids is 1. The Morgan fingerprint density at radius 1 is 1.64 bits per heavy atom. The lowest BCUT2D eigenvalue weighted by atomic mass is 10.0. The van der Waals surface area contributed by atoms with Crippen molar-refractivity contribution in [2.24, 2.45) is 5.92 Å². The molecule has 0 aromatic carbocycles. The Kier molecular flexibility index (Phi) is 3.10. The molecule has 1 fully saturated rings. The Balaban J connectivity index is 2.16. The summed E-state index contributed by atoms with van der Waals surface area (Å²) in [5, 5.41) is 8.27. The van der Waals surface area contributed by atoms with Crippen LogP contribution in [0.25, 0.3) is 0 Å².